The number of unbranched alkanes of at least 4 members (excludes halogenated alkanes) is 1. The zero-order chi connectivity index (χ0) is 24.6. The molecule has 5 unspecified atom stereocenters. The van der Waals surface area contributed by atoms with E-state index in [1.165, 1.54) is 0 Å². The van der Waals surface area contributed by atoms with Crippen LogP contribution in [0, 0.1) is 16.7 Å². The lowest BCUT2D eigenvalue weighted by Gasteiger charge is -2.23. The molecule has 0 aliphatic carbocycles. The molecule has 0 aromatic rings. The van der Waals surface area contributed by atoms with Crippen LogP contribution in [-0.2, 0) is 19.1 Å². The Labute approximate surface area is 200 Å². The Bertz CT molecular complexity index is 623. The Kier molecular flexibility index (Phi) is 10.7. The molecule has 192 valence electrons. The van der Waals surface area contributed by atoms with Crippen LogP contribution in [0.15, 0.2) is 0 Å². The minimum Gasteiger partial charge on any atom is -0.481 e. The van der Waals surface area contributed by atoms with Gasteiger partial charge in [0.2, 0.25) is 0 Å². The van der Waals surface area contributed by atoms with Crippen molar-refractivity contribution in [3.05, 3.63) is 0 Å². The van der Waals surface area contributed by atoms with Crippen molar-refractivity contribution in [2.24, 2.45) is 16.7 Å². The highest BCUT2D eigenvalue weighted by molar-refractivity contribution is 5.73. The third-order valence-electron chi connectivity index (χ3n) is 7.51. The van der Waals surface area contributed by atoms with Crippen LogP contribution in [0.1, 0.15) is 118 Å². The largest absolute Gasteiger partial charge is 0.481 e. The molecular formula is C27H48O6. The summed E-state index contributed by atoms with van der Waals surface area (Å²) in [7, 11) is 0. The molecule has 2 heterocycles. The number of carboxylic acid groups (broad SMARTS) is 2. The molecule has 6 nitrogen and oxygen atoms in total. The van der Waals surface area contributed by atoms with Gasteiger partial charge in [-0.25, -0.2) is 0 Å². The lowest BCUT2D eigenvalue weighted by atomic mass is 9.86. The van der Waals surface area contributed by atoms with Gasteiger partial charge < -0.3 is 19.7 Å². The van der Waals surface area contributed by atoms with Gasteiger partial charge in [-0.15, -0.1) is 0 Å². The molecule has 5 atom stereocenters. The Hall–Kier alpha value is -1.14. The van der Waals surface area contributed by atoms with Gasteiger partial charge in [0.1, 0.15) is 0 Å². The molecular weight excluding hydrogens is 420 g/mol. The quantitative estimate of drug-likeness (QED) is 0.285. The van der Waals surface area contributed by atoms with Gasteiger partial charge in [0.05, 0.1) is 35.7 Å². The molecule has 0 amide bonds. The highest BCUT2D eigenvalue weighted by atomic mass is 16.5. The van der Waals surface area contributed by atoms with Crippen LogP contribution in [0.5, 0.6) is 0 Å². The predicted molar refractivity (Wildman–Crippen MR) is 129 cm³/mol. The summed E-state index contributed by atoms with van der Waals surface area (Å²) in [6, 6.07) is 0. The maximum absolute atomic E-state index is 11.8. The molecule has 0 radical (unpaired) electrons. The summed E-state index contributed by atoms with van der Waals surface area (Å²) < 4.78 is 12.4. The van der Waals surface area contributed by atoms with Crippen LogP contribution in [-0.4, -0.2) is 46.6 Å². The van der Waals surface area contributed by atoms with Crippen LogP contribution in [0.3, 0.4) is 0 Å². The van der Waals surface area contributed by atoms with Gasteiger partial charge in [-0.3, -0.25) is 9.59 Å². The van der Waals surface area contributed by atoms with Crippen molar-refractivity contribution in [1.82, 2.24) is 0 Å². The second-order valence-electron chi connectivity index (χ2n) is 12.2. The first-order chi connectivity index (χ1) is 15.4. The standard InChI is InChI=1S/C27H48O6/c1-26(2,3)17-8-10-22(24(28)29)23-16-15-21(33-23)14-13-20-12-11-19(32-20)9-6-7-18-27(4,5)25(30)31/h19-23H,6-18H2,1-5H3,(H,28,29)(H,30,31). The predicted octanol–water partition coefficient (Wildman–Crippen LogP) is 6.45. The third-order valence-corrected chi connectivity index (χ3v) is 7.51. The summed E-state index contributed by atoms with van der Waals surface area (Å²) in [5.74, 6) is -1.84. The van der Waals surface area contributed by atoms with E-state index >= 15 is 0 Å². The summed E-state index contributed by atoms with van der Waals surface area (Å²) in [6.45, 7) is 10.2. The molecule has 2 fully saturated rings. The van der Waals surface area contributed by atoms with Crippen molar-refractivity contribution in [3.8, 4) is 0 Å². The molecule has 0 aromatic heterocycles. The molecule has 2 rings (SSSR count). The van der Waals surface area contributed by atoms with Gasteiger partial charge in [-0.1, -0.05) is 40.0 Å². The molecule has 0 aromatic carbocycles. The zero-order valence-corrected chi connectivity index (χ0v) is 21.6. The van der Waals surface area contributed by atoms with E-state index in [2.05, 4.69) is 20.8 Å². The number of rotatable bonds is 14. The van der Waals surface area contributed by atoms with E-state index in [1.54, 1.807) is 13.8 Å². The number of aliphatic carboxylic acids is 2. The first kappa shape index (κ1) is 28.1. The van der Waals surface area contributed by atoms with E-state index in [9.17, 15) is 19.8 Å². The van der Waals surface area contributed by atoms with E-state index < -0.39 is 23.3 Å². The molecule has 2 aliphatic rings. The minimum absolute atomic E-state index is 0.153. The molecule has 2 aliphatic heterocycles. The molecule has 2 N–H and O–H groups in total. The Morgan fingerprint density at radius 2 is 1.36 bits per heavy atom. The summed E-state index contributed by atoms with van der Waals surface area (Å²) in [5, 5.41) is 18.9. The van der Waals surface area contributed by atoms with Gasteiger partial charge in [0.25, 0.3) is 0 Å². The Morgan fingerprint density at radius 1 is 0.788 bits per heavy atom. The number of ether oxygens (including phenoxy) is 2. The normalized spacial score (nSPS) is 27.1. The maximum Gasteiger partial charge on any atom is 0.309 e. The molecule has 0 spiro atoms. The van der Waals surface area contributed by atoms with Crippen molar-refractivity contribution in [2.75, 3.05) is 0 Å². The van der Waals surface area contributed by atoms with E-state index in [-0.39, 0.29) is 23.7 Å². The molecule has 33 heavy (non-hydrogen) atoms. The van der Waals surface area contributed by atoms with Crippen molar-refractivity contribution in [1.29, 1.82) is 0 Å². The SMILES string of the molecule is CC(C)(C)CCCC(C(=O)O)C1CCC(CCC2CCC(CCCCC(C)(C)C(=O)O)O2)O1. The average Bonchev–Trinajstić information content (AvgIpc) is 3.35. The van der Waals surface area contributed by atoms with Crippen molar-refractivity contribution < 1.29 is 29.3 Å². The highest BCUT2D eigenvalue weighted by Gasteiger charge is 2.36. The molecule has 0 bridgehead atoms. The second-order valence-corrected chi connectivity index (χ2v) is 12.2. The summed E-state index contributed by atoms with van der Waals surface area (Å²) in [4.78, 5) is 23.0. The third kappa shape index (κ3) is 9.94. The number of hydrogen-bond acceptors (Lipinski definition) is 4. The van der Waals surface area contributed by atoms with E-state index in [0.29, 0.717) is 18.9 Å². The van der Waals surface area contributed by atoms with Gasteiger partial charge in [0, 0.05) is 0 Å². The highest BCUT2D eigenvalue weighted by Crippen LogP contribution is 2.34. The van der Waals surface area contributed by atoms with Gasteiger partial charge in [-0.2, -0.15) is 0 Å². The molecule has 2 saturated heterocycles. The van der Waals surface area contributed by atoms with Crippen molar-refractivity contribution in [3.63, 3.8) is 0 Å². The Balaban J connectivity index is 1.63. The van der Waals surface area contributed by atoms with Crippen LogP contribution in [0.25, 0.3) is 0 Å². The lowest BCUT2D eigenvalue weighted by Crippen LogP contribution is -2.29. The molecule has 6 heteroatoms. The second kappa shape index (κ2) is 12.5. The topological polar surface area (TPSA) is 93.1 Å². The van der Waals surface area contributed by atoms with Gasteiger partial charge in [0.15, 0.2) is 0 Å². The fraction of sp³-hybridized carbons (Fsp3) is 0.926. The van der Waals surface area contributed by atoms with Gasteiger partial charge >= 0.3 is 11.9 Å². The van der Waals surface area contributed by atoms with Gasteiger partial charge in [-0.05, 0) is 83.5 Å². The summed E-state index contributed by atoms with van der Waals surface area (Å²) in [6.07, 6.45) is 12.7. The van der Waals surface area contributed by atoms with Crippen LogP contribution < -0.4 is 0 Å². The van der Waals surface area contributed by atoms with E-state index in [1.807, 2.05) is 0 Å². The fourth-order valence-electron chi connectivity index (χ4n) is 5.18. The zero-order valence-electron chi connectivity index (χ0n) is 21.6. The van der Waals surface area contributed by atoms with Crippen LogP contribution >= 0.6 is 0 Å². The monoisotopic (exact) mass is 468 g/mol. The number of carboxylic acids is 2. The lowest BCUT2D eigenvalue weighted by molar-refractivity contribution is -0.148. The first-order valence-electron chi connectivity index (χ1n) is 13.1. The minimum atomic E-state index is -0.726. The summed E-state index contributed by atoms with van der Waals surface area (Å²) >= 11 is 0. The van der Waals surface area contributed by atoms with E-state index in [0.717, 1.165) is 70.6 Å². The fourth-order valence-corrected chi connectivity index (χ4v) is 5.18. The summed E-state index contributed by atoms with van der Waals surface area (Å²) in [5.41, 5.74) is -0.416. The van der Waals surface area contributed by atoms with Crippen molar-refractivity contribution in [2.45, 2.75) is 143 Å². The van der Waals surface area contributed by atoms with E-state index in [4.69, 9.17) is 9.47 Å². The number of hydrogen-bond donors (Lipinski definition) is 2. The van der Waals surface area contributed by atoms with Crippen molar-refractivity contribution >= 4 is 11.9 Å². The smallest absolute Gasteiger partial charge is 0.309 e. The average molecular weight is 469 g/mol. The first-order valence-corrected chi connectivity index (χ1v) is 13.1. The maximum atomic E-state index is 11.8. The Morgan fingerprint density at radius 3 is 1.94 bits per heavy atom. The van der Waals surface area contributed by atoms with Crippen LogP contribution in [0.4, 0.5) is 0 Å². The molecule has 0 saturated carbocycles. The number of carbonyl (C=O) groups is 2. The van der Waals surface area contributed by atoms with Crippen LogP contribution in [0.2, 0.25) is 0 Å².